The minimum absolute atomic E-state index is 0.123. The number of hydrogen-bond acceptors (Lipinski definition) is 6. The van der Waals surface area contributed by atoms with Gasteiger partial charge in [-0.3, -0.25) is 14.6 Å². The van der Waals surface area contributed by atoms with Crippen LogP contribution >= 0.6 is 0 Å². The van der Waals surface area contributed by atoms with Crippen molar-refractivity contribution in [1.82, 2.24) is 14.8 Å². The number of nitrogens with zero attached hydrogens (tertiary/aromatic N) is 2. The standard InChI is InChI=1S/C24H29N3O4/c1-31-21-9-5-3-7-18(21)22(27-12-10-26(11-13-27)14-15-28)24(30)23(29)19-16-25-20-8-4-2-6-17(19)20/h2-9,16,22,24-25,28,30H,10-15H2,1H3/t22-,24-/m0/s1. The van der Waals surface area contributed by atoms with Crippen molar-refractivity contribution in [3.8, 4) is 5.75 Å². The van der Waals surface area contributed by atoms with E-state index in [0.29, 0.717) is 30.9 Å². The summed E-state index contributed by atoms with van der Waals surface area (Å²) in [5, 5.41) is 21.4. The first-order chi connectivity index (χ1) is 15.1. The van der Waals surface area contributed by atoms with Gasteiger partial charge in [0.25, 0.3) is 0 Å². The summed E-state index contributed by atoms with van der Waals surface area (Å²) in [6.45, 7) is 3.64. The molecular formula is C24H29N3O4. The van der Waals surface area contributed by atoms with E-state index in [1.54, 1.807) is 13.3 Å². The number of aromatic amines is 1. The number of benzene rings is 2. The molecule has 0 aliphatic carbocycles. The fourth-order valence-corrected chi connectivity index (χ4v) is 4.46. The largest absolute Gasteiger partial charge is 0.496 e. The summed E-state index contributed by atoms with van der Waals surface area (Å²) < 4.78 is 5.57. The van der Waals surface area contributed by atoms with Crippen molar-refractivity contribution in [2.24, 2.45) is 0 Å². The highest BCUT2D eigenvalue weighted by molar-refractivity contribution is 6.10. The fourth-order valence-electron chi connectivity index (χ4n) is 4.46. The number of para-hydroxylation sites is 2. The lowest BCUT2D eigenvalue weighted by Crippen LogP contribution is -2.51. The molecule has 1 aliphatic rings. The number of carbonyl (C=O) groups excluding carboxylic acids is 1. The number of aromatic nitrogens is 1. The molecule has 1 fully saturated rings. The number of nitrogens with one attached hydrogen (secondary N) is 1. The van der Waals surface area contributed by atoms with Crippen LogP contribution in [0.15, 0.2) is 54.7 Å². The average molecular weight is 424 g/mol. The van der Waals surface area contributed by atoms with Gasteiger partial charge in [-0.15, -0.1) is 0 Å². The Bertz CT molecular complexity index is 1030. The molecule has 2 aromatic carbocycles. The fraction of sp³-hybridized carbons (Fsp3) is 0.375. The maximum Gasteiger partial charge on any atom is 0.195 e. The van der Waals surface area contributed by atoms with Crippen molar-refractivity contribution < 1.29 is 19.7 Å². The van der Waals surface area contributed by atoms with Gasteiger partial charge in [0.05, 0.1) is 19.8 Å². The second-order valence-electron chi connectivity index (χ2n) is 7.85. The van der Waals surface area contributed by atoms with E-state index in [1.807, 2.05) is 48.5 Å². The van der Waals surface area contributed by atoms with Crippen LogP contribution in [-0.4, -0.2) is 83.3 Å². The van der Waals surface area contributed by atoms with Crippen molar-refractivity contribution in [3.63, 3.8) is 0 Å². The van der Waals surface area contributed by atoms with Gasteiger partial charge in [-0.2, -0.15) is 0 Å². The third-order valence-electron chi connectivity index (χ3n) is 6.10. The molecule has 0 spiro atoms. The molecule has 1 aliphatic heterocycles. The van der Waals surface area contributed by atoms with Gasteiger partial charge in [-0.05, 0) is 12.1 Å². The van der Waals surface area contributed by atoms with Gasteiger partial charge < -0.3 is 19.9 Å². The maximum atomic E-state index is 13.5. The molecule has 0 unspecified atom stereocenters. The molecule has 3 aromatic rings. The summed E-state index contributed by atoms with van der Waals surface area (Å²) >= 11 is 0. The number of hydrogen-bond donors (Lipinski definition) is 3. The summed E-state index contributed by atoms with van der Waals surface area (Å²) in [5.41, 5.74) is 2.15. The maximum absolute atomic E-state index is 13.5. The first-order valence-corrected chi connectivity index (χ1v) is 10.6. The zero-order valence-corrected chi connectivity index (χ0v) is 17.7. The first-order valence-electron chi connectivity index (χ1n) is 10.6. The van der Waals surface area contributed by atoms with Crippen LogP contribution in [0.3, 0.4) is 0 Å². The lowest BCUT2D eigenvalue weighted by Gasteiger charge is -2.41. The minimum atomic E-state index is -1.25. The Morgan fingerprint density at radius 2 is 1.81 bits per heavy atom. The number of H-pyrrole nitrogens is 1. The summed E-state index contributed by atoms with van der Waals surface area (Å²) in [6, 6.07) is 14.6. The Balaban J connectivity index is 1.67. The third-order valence-corrected chi connectivity index (χ3v) is 6.10. The number of methoxy groups -OCH3 is 1. The van der Waals surface area contributed by atoms with Crippen molar-refractivity contribution in [2.45, 2.75) is 12.1 Å². The number of fused-ring (bicyclic) bond motifs is 1. The number of piperazine rings is 1. The topological polar surface area (TPSA) is 89.0 Å². The van der Waals surface area contributed by atoms with Crippen LogP contribution < -0.4 is 4.74 Å². The van der Waals surface area contributed by atoms with Gasteiger partial charge in [0.2, 0.25) is 0 Å². The number of ketones is 1. The van der Waals surface area contributed by atoms with Gasteiger partial charge in [0.1, 0.15) is 11.9 Å². The van der Waals surface area contributed by atoms with Crippen LogP contribution in [0, 0.1) is 0 Å². The average Bonchev–Trinajstić information content (AvgIpc) is 3.24. The van der Waals surface area contributed by atoms with Crippen LogP contribution in [0.25, 0.3) is 10.9 Å². The molecule has 1 aromatic heterocycles. The molecule has 2 heterocycles. The molecule has 1 saturated heterocycles. The van der Waals surface area contributed by atoms with E-state index in [9.17, 15) is 15.0 Å². The van der Waals surface area contributed by atoms with E-state index < -0.39 is 12.1 Å². The van der Waals surface area contributed by atoms with E-state index in [2.05, 4.69) is 14.8 Å². The van der Waals surface area contributed by atoms with Gasteiger partial charge in [0.15, 0.2) is 5.78 Å². The zero-order valence-electron chi connectivity index (χ0n) is 17.7. The van der Waals surface area contributed by atoms with E-state index in [1.165, 1.54) is 0 Å². The molecule has 164 valence electrons. The Kier molecular flexibility index (Phi) is 6.67. The Morgan fingerprint density at radius 1 is 1.10 bits per heavy atom. The highest BCUT2D eigenvalue weighted by Crippen LogP contribution is 2.34. The van der Waals surface area contributed by atoms with Crippen LogP contribution in [0.4, 0.5) is 0 Å². The van der Waals surface area contributed by atoms with Crippen molar-refractivity contribution in [1.29, 1.82) is 0 Å². The van der Waals surface area contributed by atoms with Gasteiger partial charge in [0, 0.05) is 61.0 Å². The summed E-state index contributed by atoms with van der Waals surface area (Å²) in [6.07, 6.45) is 0.425. The smallest absolute Gasteiger partial charge is 0.195 e. The molecule has 7 heteroatoms. The number of carbonyl (C=O) groups is 1. The van der Waals surface area contributed by atoms with Gasteiger partial charge in [-0.1, -0.05) is 36.4 Å². The Hall–Kier alpha value is -2.71. The Morgan fingerprint density at radius 3 is 2.55 bits per heavy atom. The summed E-state index contributed by atoms with van der Waals surface area (Å²) in [4.78, 5) is 20.9. The van der Waals surface area contributed by atoms with E-state index >= 15 is 0 Å². The highest BCUT2D eigenvalue weighted by atomic mass is 16.5. The van der Waals surface area contributed by atoms with Gasteiger partial charge in [-0.25, -0.2) is 0 Å². The predicted molar refractivity (Wildman–Crippen MR) is 119 cm³/mol. The minimum Gasteiger partial charge on any atom is -0.496 e. The predicted octanol–water partition coefficient (Wildman–Crippen LogP) is 2.07. The van der Waals surface area contributed by atoms with Crippen molar-refractivity contribution in [3.05, 3.63) is 65.9 Å². The quantitative estimate of drug-likeness (QED) is 0.481. The second kappa shape index (κ2) is 9.62. The zero-order chi connectivity index (χ0) is 21.8. The molecule has 31 heavy (non-hydrogen) atoms. The molecular weight excluding hydrogens is 394 g/mol. The second-order valence-corrected chi connectivity index (χ2v) is 7.85. The molecule has 2 atom stereocenters. The molecule has 0 radical (unpaired) electrons. The molecule has 3 N–H and O–H groups in total. The lowest BCUT2D eigenvalue weighted by atomic mass is 9.92. The molecule has 0 bridgehead atoms. The van der Waals surface area contributed by atoms with Gasteiger partial charge >= 0.3 is 0 Å². The Labute approximate surface area is 181 Å². The van der Waals surface area contributed by atoms with Crippen LogP contribution in [0.5, 0.6) is 5.75 Å². The van der Waals surface area contributed by atoms with Crippen LogP contribution in [0.2, 0.25) is 0 Å². The molecule has 4 rings (SSSR count). The van der Waals surface area contributed by atoms with Crippen LogP contribution in [-0.2, 0) is 0 Å². The number of β-amino-alcohol motifs (C(OH)–C–C–N with tert-alkyl or cyclic N) is 1. The molecule has 0 saturated carbocycles. The number of rotatable bonds is 8. The van der Waals surface area contributed by atoms with Crippen LogP contribution in [0.1, 0.15) is 22.0 Å². The normalized spacial score (nSPS) is 17.5. The monoisotopic (exact) mass is 423 g/mol. The van der Waals surface area contributed by atoms with E-state index in [4.69, 9.17) is 4.74 Å². The molecule has 7 nitrogen and oxygen atoms in total. The first kappa shape index (κ1) is 21.5. The number of aliphatic hydroxyl groups is 2. The highest BCUT2D eigenvalue weighted by Gasteiger charge is 2.37. The number of ether oxygens (including phenoxy) is 1. The van der Waals surface area contributed by atoms with Crippen molar-refractivity contribution in [2.75, 3.05) is 46.4 Å². The summed E-state index contributed by atoms with van der Waals surface area (Å²) in [5.74, 6) is 0.335. The third kappa shape index (κ3) is 4.36. The number of aliphatic hydroxyl groups excluding tert-OH is 2. The lowest BCUT2D eigenvalue weighted by molar-refractivity contribution is 0.0161. The number of Topliss-reactive ketones (excluding diaryl/α,β-unsaturated/α-hetero) is 1. The SMILES string of the molecule is COc1ccccc1[C@@H]([C@H](O)C(=O)c1c[nH]c2ccccc12)N1CCN(CCO)CC1. The van der Waals surface area contributed by atoms with E-state index in [-0.39, 0.29) is 12.4 Å². The van der Waals surface area contributed by atoms with Crippen molar-refractivity contribution >= 4 is 16.7 Å². The molecule has 0 amide bonds. The van der Waals surface area contributed by atoms with E-state index in [0.717, 1.165) is 29.6 Å². The summed E-state index contributed by atoms with van der Waals surface area (Å²) in [7, 11) is 1.60.